The molecule has 4 nitrogen and oxygen atoms in total. The number of hydrogen-bond donors (Lipinski definition) is 2. The maximum absolute atomic E-state index is 10.7. The Morgan fingerprint density at radius 2 is 2.21 bits per heavy atom. The van der Waals surface area contributed by atoms with E-state index in [1.807, 2.05) is 0 Å². The van der Waals surface area contributed by atoms with Crippen molar-refractivity contribution < 1.29 is 14.6 Å². The highest BCUT2D eigenvalue weighted by Gasteiger charge is 2.14. The highest BCUT2D eigenvalue weighted by atomic mass is 16.5. The lowest BCUT2D eigenvalue weighted by atomic mass is 10.0. The van der Waals surface area contributed by atoms with Gasteiger partial charge in [0.25, 0.3) is 0 Å². The van der Waals surface area contributed by atoms with Gasteiger partial charge in [-0.2, -0.15) is 0 Å². The summed E-state index contributed by atoms with van der Waals surface area (Å²) in [5, 5.41) is 8.78. The molecule has 1 atom stereocenters. The van der Waals surface area contributed by atoms with Gasteiger partial charge in [0.1, 0.15) is 5.75 Å². The lowest BCUT2D eigenvalue weighted by Crippen LogP contribution is -2.07. The summed E-state index contributed by atoms with van der Waals surface area (Å²) in [5.74, 6) is -0.857. The summed E-state index contributed by atoms with van der Waals surface area (Å²) in [5.41, 5.74) is 6.79. The van der Waals surface area contributed by atoms with Crippen LogP contribution in [0.5, 0.6) is 5.75 Å². The van der Waals surface area contributed by atoms with Crippen LogP contribution in [0.15, 0.2) is 18.2 Å². The molecule has 0 heterocycles. The van der Waals surface area contributed by atoms with Crippen LogP contribution in [0.4, 0.5) is 5.69 Å². The molecule has 14 heavy (non-hydrogen) atoms. The Morgan fingerprint density at radius 3 is 2.64 bits per heavy atom. The van der Waals surface area contributed by atoms with Gasteiger partial charge in [-0.25, -0.2) is 0 Å². The fraction of sp³-hybridized carbons (Fsp3) is 0.300. The molecule has 4 heteroatoms. The molecule has 1 rings (SSSR count). The molecule has 0 aliphatic rings. The number of benzene rings is 1. The summed E-state index contributed by atoms with van der Waals surface area (Å²) < 4.78 is 4.97. The minimum Gasteiger partial charge on any atom is -0.495 e. The van der Waals surface area contributed by atoms with Gasteiger partial charge in [0, 0.05) is 0 Å². The summed E-state index contributed by atoms with van der Waals surface area (Å²) >= 11 is 0. The standard InChI is InChI=1S/C10H13NO3/c1-6(10(12)13)7-3-4-9(14-2)8(11)5-7/h3-6H,11H2,1-2H3,(H,12,13). The number of carbonyl (C=O) groups is 1. The normalized spacial score (nSPS) is 12.1. The second-order valence-corrected chi connectivity index (χ2v) is 3.06. The van der Waals surface area contributed by atoms with Crippen molar-refractivity contribution in [3.05, 3.63) is 23.8 Å². The van der Waals surface area contributed by atoms with Crippen molar-refractivity contribution in [3.8, 4) is 5.75 Å². The van der Waals surface area contributed by atoms with E-state index < -0.39 is 11.9 Å². The molecule has 0 aromatic heterocycles. The van der Waals surface area contributed by atoms with Gasteiger partial charge < -0.3 is 15.6 Å². The predicted molar refractivity (Wildman–Crippen MR) is 53.5 cm³/mol. The molecular weight excluding hydrogens is 182 g/mol. The number of aliphatic carboxylic acids is 1. The number of anilines is 1. The smallest absolute Gasteiger partial charge is 0.310 e. The van der Waals surface area contributed by atoms with E-state index in [1.165, 1.54) is 7.11 Å². The minimum atomic E-state index is -0.866. The fourth-order valence-electron chi connectivity index (χ4n) is 1.16. The average Bonchev–Trinajstić information content (AvgIpc) is 2.16. The fourth-order valence-corrected chi connectivity index (χ4v) is 1.16. The molecule has 0 fully saturated rings. The third kappa shape index (κ3) is 1.96. The third-order valence-corrected chi connectivity index (χ3v) is 2.12. The van der Waals surface area contributed by atoms with Crippen molar-refractivity contribution in [1.82, 2.24) is 0 Å². The van der Waals surface area contributed by atoms with E-state index in [-0.39, 0.29) is 0 Å². The zero-order valence-corrected chi connectivity index (χ0v) is 8.15. The van der Waals surface area contributed by atoms with E-state index in [4.69, 9.17) is 15.6 Å². The van der Waals surface area contributed by atoms with Gasteiger partial charge in [0.05, 0.1) is 18.7 Å². The maximum Gasteiger partial charge on any atom is 0.310 e. The molecule has 0 radical (unpaired) electrons. The number of carboxylic acid groups (broad SMARTS) is 1. The second kappa shape index (κ2) is 4.00. The van der Waals surface area contributed by atoms with Crippen LogP contribution in [0.3, 0.4) is 0 Å². The van der Waals surface area contributed by atoms with Gasteiger partial charge in [-0.15, -0.1) is 0 Å². The molecule has 0 aliphatic heterocycles. The van der Waals surface area contributed by atoms with E-state index >= 15 is 0 Å². The number of ether oxygens (including phenoxy) is 1. The van der Waals surface area contributed by atoms with Crippen LogP contribution in [0.1, 0.15) is 18.4 Å². The Hall–Kier alpha value is -1.71. The summed E-state index contributed by atoms with van der Waals surface area (Å²) in [4.78, 5) is 10.7. The van der Waals surface area contributed by atoms with Gasteiger partial charge in [-0.05, 0) is 24.6 Å². The highest BCUT2D eigenvalue weighted by molar-refractivity contribution is 5.76. The summed E-state index contributed by atoms with van der Waals surface area (Å²) in [6, 6.07) is 5.00. The third-order valence-electron chi connectivity index (χ3n) is 2.12. The van der Waals surface area contributed by atoms with Crippen LogP contribution in [0.25, 0.3) is 0 Å². The molecule has 76 valence electrons. The molecule has 0 saturated heterocycles. The Balaban J connectivity index is 3.02. The first-order chi connectivity index (χ1) is 6.56. The van der Waals surface area contributed by atoms with E-state index in [0.29, 0.717) is 17.0 Å². The van der Waals surface area contributed by atoms with Crippen molar-refractivity contribution in [3.63, 3.8) is 0 Å². The molecule has 0 bridgehead atoms. The number of hydrogen-bond acceptors (Lipinski definition) is 3. The highest BCUT2D eigenvalue weighted by Crippen LogP contribution is 2.25. The van der Waals surface area contributed by atoms with Gasteiger partial charge in [-0.3, -0.25) is 4.79 Å². The molecule has 0 aliphatic carbocycles. The number of methoxy groups -OCH3 is 1. The Morgan fingerprint density at radius 1 is 1.57 bits per heavy atom. The van der Waals surface area contributed by atoms with Crippen molar-refractivity contribution in [2.24, 2.45) is 0 Å². The minimum absolute atomic E-state index is 0.457. The zero-order chi connectivity index (χ0) is 10.7. The van der Waals surface area contributed by atoms with Gasteiger partial charge in [-0.1, -0.05) is 6.07 Å². The van der Waals surface area contributed by atoms with E-state index in [0.717, 1.165) is 0 Å². The van der Waals surface area contributed by atoms with Crippen molar-refractivity contribution in [2.75, 3.05) is 12.8 Å². The first-order valence-corrected chi connectivity index (χ1v) is 4.22. The molecule has 0 amide bonds. The Labute approximate surface area is 82.3 Å². The van der Waals surface area contributed by atoms with Crippen LogP contribution in [0, 0.1) is 0 Å². The van der Waals surface area contributed by atoms with Crippen molar-refractivity contribution in [2.45, 2.75) is 12.8 Å². The van der Waals surface area contributed by atoms with Crippen LogP contribution in [0.2, 0.25) is 0 Å². The molecule has 1 unspecified atom stereocenters. The van der Waals surface area contributed by atoms with Crippen LogP contribution >= 0.6 is 0 Å². The number of nitrogens with two attached hydrogens (primary N) is 1. The lowest BCUT2D eigenvalue weighted by molar-refractivity contribution is -0.138. The molecule has 1 aromatic rings. The van der Waals surface area contributed by atoms with Gasteiger partial charge in [0.2, 0.25) is 0 Å². The van der Waals surface area contributed by atoms with Crippen LogP contribution in [-0.2, 0) is 4.79 Å². The van der Waals surface area contributed by atoms with Gasteiger partial charge >= 0.3 is 5.97 Å². The largest absolute Gasteiger partial charge is 0.495 e. The van der Waals surface area contributed by atoms with Crippen molar-refractivity contribution in [1.29, 1.82) is 0 Å². The van der Waals surface area contributed by atoms with Gasteiger partial charge in [0.15, 0.2) is 0 Å². The topological polar surface area (TPSA) is 72.5 Å². The number of nitrogen functional groups attached to an aromatic ring is 1. The SMILES string of the molecule is COc1ccc(C(C)C(=O)O)cc1N. The average molecular weight is 195 g/mol. The molecule has 0 saturated carbocycles. The first-order valence-electron chi connectivity index (χ1n) is 4.22. The summed E-state index contributed by atoms with van der Waals surface area (Å²) in [6.45, 7) is 1.61. The van der Waals surface area contributed by atoms with Crippen molar-refractivity contribution >= 4 is 11.7 Å². The first kappa shape index (κ1) is 10.4. The molecule has 1 aromatic carbocycles. The Kier molecular flexibility index (Phi) is 2.96. The quantitative estimate of drug-likeness (QED) is 0.716. The number of rotatable bonds is 3. The summed E-state index contributed by atoms with van der Waals surface area (Å²) in [7, 11) is 1.52. The molecular formula is C10H13NO3. The maximum atomic E-state index is 10.7. The predicted octanol–water partition coefficient (Wildman–Crippen LogP) is 1.47. The molecule has 0 spiro atoms. The van der Waals surface area contributed by atoms with E-state index in [1.54, 1.807) is 25.1 Å². The number of carboxylic acids is 1. The van der Waals surface area contributed by atoms with Crippen LogP contribution < -0.4 is 10.5 Å². The molecule has 3 N–H and O–H groups in total. The van der Waals surface area contributed by atoms with E-state index in [9.17, 15) is 4.79 Å². The lowest BCUT2D eigenvalue weighted by Gasteiger charge is -2.09. The Bertz CT molecular complexity index is 349. The second-order valence-electron chi connectivity index (χ2n) is 3.06. The summed E-state index contributed by atoms with van der Waals surface area (Å²) in [6.07, 6.45) is 0. The monoisotopic (exact) mass is 195 g/mol. The zero-order valence-electron chi connectivity index (χ0n) is 8.15. The van der Waals surface area contributed by atoms with E-state index in [2.05, 4.69) is 0 Å². The van der Waals surface area contributed by atoms with Crippen LogP contribution in [-0.4, -0.2) is 18.2 Å².